The van der Waals surface area contributed by atoms with Crippen LogP contribution in [-0.2, 0) is 52.6 Å². The Labute approximate surface area is 574 Å². The van der Waals surface area contributed by atoms with Gasteiger partial charge in [0.1, 0.15) is 17.3 Å². The largest absolute Gasteiger partial charge is 0.477 e. The van der Waals surface area contributed by atoms with E-state index in [0.717, 1.165) is 18.2 Å². The number of nitrogens with zero attached hydrogens (tertiary/aromatic N) is 4. The van der Waals surface area contributed by atoms with E-state index in [-0.39, 0.29) is 70.6 Å². The number of carboxylic acids is 1. The Morgan fingerprint density at radius 1 is 0.453 bits per heavy atom. The molecule has 0 aliphatic carbocycles. The minimum atomic E-state index is -0.990. The van der Waals surface area contributed by atoms with Crippen molar-refractivity contribution < 1.29 is 52.6 Å². The van der Waals surface area contributed by atoms with E-state index in [2.05, 4.69) is 246 Å². The molecule has 1 radical (unpaired) electrons. The van der Waals surface area contributed by atoms with Crippen molar-refractivity contribution in [1.82, 2.24) is 9.97 Å². The van der Waals surface area contributed by atoms with Gasteiger partial charge in [0.05, 0.1) is 5.56 Å². The second-order valence-electron chi connectivity index (χ2n) is 30.6. The number of halogens is 4. The molecular formula is C82H88BF4IrN5O2. The number of pyridine rings is 3. The number of carboxylic acid groups (broad SMARTS) is 1. The third-order valence-corrected chi connectivity index (χ3v) is 17.1. The SMILES string of the molecule is CC(C)(C)c1cc(N2c3cc(C(C)(C)C)ccc3B3c4ccc(C(C)(C)C)cc4N(c4cc(C(C)(C)C)cc(C(C)(C)C)c4)c4cccc2c43)cc(C(C)(C)C)c1.Fc1c[c-]c(-c2ccccn2)c(F)c1.Fc1ccc(-c2cccc[nH+]2)c(F)c1.O=C(O)c1ccccn1.[Ir]. The van der Waals surface area contributed by atoms with Crippen molar-refractivity contribution >= 4 is 63.2 Å². The molecule has 5 heterocycles. The quantitative estimate of drug-likeness (QED) is 0.105. The third-order valence-electron chi connectivity index (χ3n) is 17.1. The van der Waals surface area contributed by atoms with Crippen LogP contribution in [0.5, 0.6) is 0 Å². The molecule has 0 unspecified atom stereocenters. The Balaban J connectivity index is 0.000000242. The molecule has 0 fully saturated rings. The molecule has 13 heteroatoms. The fourth-order valence-corrected chi connectivity index (χ4v) is 11.5. The van der Waals surface area contributed by atoms with Crippen LogP contribution in [0.15, 0.2) is 195 Å². The summed E-state index contributed by atoms with van der Waals surface area (Å²) in [4.78, 5) is 25.8. The number of aromatic amines is 1. The van der Waals surface area contributed by atoms with Gasteiger partial charge in [-0.2, -0.15) is 0 Å². The van der Waals surface area contributed by atoms with Gasteiger partial charge in [0.15, 0.2) is 6.20 Å². The molecule has 0 saturated heterocycles. The molecule has 0 bridgehead atoms. The molecule has 2 aliphatic rings. The molecule has 3 aromatic heterocycles. The minimum absolute atomic E-state index is 0. The van der Waals surface area contributed by atoms with Gasteiger partial charge in [0.2, 0.25) is 5.69 Å². The van der Waals surface area contributed by atoms with Gasteiger partial charge in [-0.1, -0.05) is 197 Å². The number of benzene rings is 7. The Morgan fingerprint density at radius 2 is 0.905 bits per heavy atom. The van der Waals surface area contributed by atoms with Crippen LogP contribution in [0.2, 0.25) is 0 Å². The van der Waals surface area contributed by atoms with E-state index >= 15 is 0 Å². The summed E-state index contributed by atoms with van der Waals surface area (Å²) >= 11 is 0. The van der Waals surface area contributed by atoms with E-state index in [1.165, 1.54) is 108 Å². The van der Waals surface area contributed by atoms with E-state index in [9.17, 15) is 22.4 Å². The number of hydrogen-bond donors (Lipinski definition) is 1. The zero-order chi connectivity index (χ0) is 68.6. The minimum Gasteiger partial charge on any atom is -0.477 e. The average molecular weight is 1450 g/mol. The van der Waals surface area contributed by atoms with Crippen molar-refractivity contribution in [3.05, 3.63) is 263 Å². The van der Waals surface area contributed by atoms with Crippen LogP contribution in [0.4, 0.5) is 51.7 Å². The summed E-state index contributed by atoms with van der Waals surface area (Å²) < 4.78 is 51.7. The van der Waals surface area contributed by atoms with Crippen molar-refractivity contribution in [1.29, 1.82) is 0 Å². The molecule has 2 N–H and O–H groups in total. The summed E-state index contributed by atoms with van der Waals surface area (Å²) in [5, 5.41) is 8.32. The Hall–Kier alpha value is -8.51. The first-order valence-corrected chi connectivity index (χ1v) is 32.1. The second-order valence-corrected chi connectivity index (χ2v) is 30.6. The molecule has 493 valence electrons. The van der Waals surface area contributed by atoms with E-state index < -0.39 is 29.2 Å². The van der Waals surface area contributed by atoms with Gasteiger partial charge < -0.3 is 19.9 Å². The number of nitrogens with one attached hydrogen (secondary N) is 1. The topological polar surface area (TPSA) is 83.7 Å². The fraction of sp³-hybridized carbons (Fsp3) is 0.293. The molecule has 0 atom stereocenters. The Kier molecular flexibility index (Phi) is 21.4. The van der Waals surface area contributed by atoms with E-state index in [1.807, 2.05) is 0 Å². The number of rotatable bonds is 5. The zero-order valence-electron chi connectivity index (χ0n) is 58.0. The van der Waals surface area contributed by atoms with Crippen LogP contribution in [0.1, 0.15) is 168 Å². The van der Waals surface area contributed by atoms with Gasteiger partial charge in [-0.05, 0) is 173 Å². The van der Waals surface area contributed by atoms with Crippen molar-refractivity contribution in [3.8, 4) is 22.5 Å². The molecule has 95 heavy (non-hydrogen) atoms. The molecule has 0 amide bonds. The molecule has 2 aliphatic heterocycles. The van der Waals surface area contributed by atoms with E-state index in [0.29, 0.717) is 17.0 Å². The van der Waals surface area contributed by atoms with Crippen LogP contribution >= 0.6 is 0 Å². The average Bonchev–Trinajstić information content (AvgIpc) is 0.697. The van der Waals surface area contributed by atoms with Crippen LogP contribution in [0, 0.1) is 29.3 Å². The summed E-state index contributed by atoms with van der Waals surface area (Å²) in [6.45, 7) is 42.3. The van der Waals surface area contributed by atoms with E-state index in [4.69, 9.17) is 5.11 Å². The molecule has 0 saturated carbocycles. The van der Waals surface area contributed by atoms with Crippen molar-refractivity contribution in [2.45, 2.75) is 157 Å². The first-order valence-electron chi connectivity index (χ1n) is 32.1. The molecule has 0 spiro atoms. The van der Waals surface area contributed by atoms with Crippen molar-refractivity contribution in [2.24, 2.45) is 0 Å². The van der Waals surface area contributed by atoms with Crippen molar-refractivity contribution in [2.75, 3.05) is 9.80 Å². The number of aromatic nitrogens is 3. The van der Waals surface area contributed by atoms with Crippen LogP contribution in [-0.4, -0.2) is 27.8 Å². The molecule has 7 aromatic carbocycles. The van der Waals surface area contributed by atoms with Gasteiger partial charge in [0, 0.05) is 96.5 Å². The summed E-state index contributed by atoms with van der Waals surface area (Å²) in [6, 6.07) is 59.7. The van der Waals surface area contributed by atoms with Crippen molar-refractivity contribution in [3.63, 3.8) is 0 Å². The van der Waals surface area contributed by atoms with Crippen LogP contribution in [0.25, 0.3) is 22.5 Å². The zero-order valence-corrected chi connectivity index (χ0v) is 60.4. The third kappa shape index (κ3) is 16.6. The summed E-state index contributed by atoms with van der Waals surface area (Å²) in [5.41, 5.74) is 21.5. The predicted molar refractivity (Wildman–Crippen MR) is 381 cm³/mol. The molecule has 10 aromatic rings. The van der Waals surface area contributed by atoms with E-state index in [1.54, 1.807) is 60.9 Å². The number of hydrogen-bond acceptors (Lipinski definition) is 5. The maximum absolute atomic E-state index is 13.3. The molecular weight excluding hydrogens is 1370 g/mol. The van der Waals surface area contributed by atoms with Gasteiger partial charge in [0.25, 0.3) is 6.71 Å². The Morgan fingerprint density at radius 3 is 1.28 bits per heavy atom. The summed E-state index contributed by atoms with van der Waals surface area (Å²) in [6.07, 6.45) is 4.69. The van der Waals surface area contributed by atoms with Gasteiger partial charge in [-0.25, -0.2) is 23.5 Å². The number of anilines is 6. The normalized spacial score (nSPS) is 12.7. The van der Waals surface area contributed by atoms with Crippen LogP contribution < -0.4 is 31.2 Å². The van der Waals surface area contributed by atoms with Gasteiger partial charge in [-0.3, -0.25) is 8.78 Å². The van der Waals surface area contributed by atoms with Crippen LogP contribution in [0.3, 0.4) is 0 Å². The first kappa shape index (κ1) is 72.3. The summed E-state index contributed by atoms with van der Waals surface area (Å²) in [5.74, 6) is -3.41. The number of carbonyl (C=O) groups is 1. The van der Waals surface area contributed by atoms with Gasteiger partial charge in [-0.15, -0.1) is 12.1 Å². The maximum atomic E-state index is 13.3. The maximum Gasteiger partial charge on any atom is 0.354 e. The molecule has 12 rings (SSSR count). The number of H-pyrrole nitrogens is 1. The summed E-state index contributed by atoms with van der Waals surface area (Å²) in [7, 11) is 0. The smallest absolute Gasteiger partial charge is 0.354 e. The molecule has 7 nitrogen and oxygen atoms in total. The second kappa shape index (κ2) is 28.1. The fourth-order valence-electron chi connectivity index (χ4n) is 11.5. The predicted octanol–water partition coefficient (Wildman–Crippen LogP) is 19.6. The standard InChI is InChI=1S/C54H69BN2.C11H7F2N.C11H6F2N.C6H5NO2.Ir/c1-49(2,3)34-22-24-42-46(32-34)56(40-28-36(51(7,8)9)26-37(29-40)52(10,11)12)44-20-19-21-45-48(44)55(42)43-25-23-35(50(4,5)6)33-47(43)57(45)41-30-38(53(13,14)15)27-39(31-41)54(16,17)18;2*12-8-4-5-9(10(13)7-8)11-3-1-2-6-14-11;8-6(9)5-3-1-2-4-7-5;/h19-33H,1-18H3;1-7H;1-4,6-7H;1-4H,(H,8,9);/q;;-1;;/p+1. The number of aromatic carboxylic acids is 1. The monoisotopic (exact) mass is 1450 g/mol. The van der Waals surface area contributed by atoms with Gasteiger partial charge >= 0.3 is 5.97 Å². The first-order chi connectivity index (χ1) is 43.9. The Bertz CT molecular complexity index is 4060. The number of fused-ring (bicyclic) bond motifs is 4.